The molecule has 0 aliphatic heterocycles. The number of aryl methyl sites for hydroxylation is 1. The topological polar surface area (TPSA) is 93.2 Å². The van der Waals surface area contributed by atoms with Crippen LogP contribution in [0.15, 0.2) is 45.3 Å². The molecule has 0 amide bonds. The smallest absolute Gasteiger partial charge is 0.261 e. The number of aliphatic imine (C=N–C) groups is 1. The van der Waals surface area contributed by atoms with E-state index in [0.717, 1.165) is 21.8 Å². The summed E-state index contributed by atoms with van der Waals surface area (Å²) >= 11 is 4.50. The zero-order chi connectivity index (χ0) is 21.3. The molecule has 0 spiro atoms. The molecule has 2 aromatic heterocycles. The molecular formula is C22H23N5O2S. The zero-order valence-electron chi connectivity index (χ0n) is 16.9. The summed E-state index contributed by atoms with van der Waals surface area (Å²) in [7, 11) is 3.35. The van der Waals surface area contributed by atoms with Crippen LogP contribution in [0.1, 0.15) is 24.6 Å². The third kappa shape index (κ3) is 4.00. The van der Waals surface area contributed by atoms with Crippen molar-refractivity contribution in [3.8, 4) is 16.9 Å². The fraction of sp³-hybridized carbons (Fsp3) is 0.318. The molecule has 1 saturated carbocycles. The third-order valence-corrected chi connectivity index (χ3v) is 5.43. The maximum atomic E-state index is 12.7. The number of rotatable bonds is 7. The lowest BCUT2D eigenvalue weighted by molar-refractivity contribution is 0.301. The summed E-state index contributed by atoms with van der Waals surface area (Å²) in [5.41, 5.74) is 1.92. The molecule has 1 unspecified atom stereocenters. The normalized spacial score (nSPS) is 14.9. The van der Waals surface area contributed by atoms with Crippen molar-refractivity contribution in [2.45, 2.75) is 23.7 Å². The Morgan fingerprint density at radius 1 is 1.40 bits per heavy atom. The van der Waals surface area contributed by atoms with Gasteiger partial charge < -0.3 is 14.7 Å². The van der Waals surface area contributed by atoms with Crippen molar-refractivity contribution in [2.75, 3.05) is 13.7 Å². The van der Waals surface area contributed by atoms with Gasteiger partial charge in [-0.2, -0.15) is 0 Å². The number of nitrogens with one attached hydrogen (secondary N) is 1. The van der Waals surface area contributed by atoms with Crippen LogP contribution in [-0.4, -0.2) is 40.6 Å². The van der Waals surface area contributed by atoms with Crippen LogP contribution in [0.2, 0.25) is 0 Å². The number of thiol groups is 1. The average molecular weight is 422 g/mol. The Hall–Kier alpha value is -3.00. The number of hydrogen-bond acceptors (Lipinski definition) is 7. The van der Waals surface area contributed by atoms with Gasteiger partial charge in [0.25, 0.3) is 5.56 Å². The van der Waals surface area contributed by atoms with E-state index in [4.69, 9.17) is 10.1 Å². The Morgan fingerprint density at radius 3 is 2.90 bits per heavy atom. The van der Waals surface area contributed by atoms with Gasteiger partial charge in [0.15, 0.2) is 0 Å². The van der Waals surface area contributed by atoms with Gasteiger partial charge in [0, 0.05) is 54.9 Å². The van der Waals surface area contributed by atoms with E-state index in [0.29, 0.717) is 29.3 Å². The van der Waals surface area contributed by atoms with E-state index in [1.807, 2.05) is 18.2 Å². The van der Waals surface area contributed by atoms with Crippen LogP contribution in [0.5, 0.6) is 5.75 Å². The van der Waals surface area contributed by atoms with E-state index in [2.05, 4.69) is 27.6 Å². The van der Waals surface area contributed by atoms with Crippen molar-refractivity contribution < 1.29 is 4.74 Å². The molecule has 4 rings (SSSR count). The lowest BCUT2D eigenvalue weighted by atomic mass is 10.0. The molecular weight excluding hydrogens is 398 g/mol. The molecule has 8 heteroatoms. The zero-order valence-corrected chi connectivity index (χ0v) is 17.8. The lowest BCUT2D eigenvalue weighted by Crippen LogP contribution is -2.19. The highest BCUT2D eigenvalue weighted by Crippen LogP contribution is 2.37. The lowest BCUT2D eigenvalue weighted by Gasteiger charge is -2.15. The maximum absolute atomic E-state index is 12.7. The van der Waals surface area contributed by atoms with Crippen molar-refractivity contribution >= 4 is 36.0 Å². The van der Waals surface area contributed by atoms with Crippen LogP contribution in [0, 0.1) is 11.3 Å². The molecule has 1 N–H and O–H groups in total. The first-order valence-corrected chi connectivity index (χ1v) is 10.2. The Bertz CT molecular complexity index is 1200. The van der Waals surface area contributed by atoms with Gasteiger partial charge >= 0.3 is 0 Å². The first-order chi connectivity index (χ1) is 14.5. The van der Waals surface area contributed by atoms with E-state index in [9.17, 15) is 4.79 Å². The Labute approximate surface area is 179 Å². The number of ether oxygens (including phenoxy) is 1. The first-order valence-electron chi connectivity index (χ1n) is 9.77. The van der Waals surface area contributed by atoms with Gasteiger partial charge in [0.1, 0.15) is 11.6 Å². The van der Waals surface area contributed by atoms with Crippen LogP contribution in [0.3, 0.4) is 0 Å². The number of aromatic nitrogens is 3. The molecule has 1 fully saturated rings. The summed E-state index contributed by atoms with van der Waals surface area (Å²) in [5.74, 6) is 1.30. The molecule has 2 heterocycles. The predicted molar refractivity (Wildman–Crippen MR) is 122 cm³/mol. The minimum Gasteiger partial charge on any atom is -0.493 e. The van der Waals surface area contributed by atoms with E-state index >= 15 is 0 Å². The summed E-state index contributed by atoms with van der Waals surface area (Å²) in [5, 5.41) is 8.08. The van der Waals surface area contributed by atoms with Crippen molar-refractivity contribution in [1.82, 2.24) is 14.5 Å². The molecule has 3 aromatic rings. The summed E-state index contributed by atoms with van der Waals surface area (Å²) in [6, 6.07) is 5.72. The minimum absolute atomic E-state index is 0.182. The predicted octanol–water partition coefficient (Wildman–Crippen LogP) is 3.51. The Morgan fingerprint density at radius 2 is 2.20 bits per heavy atom. The number of fused-ring (bicyclic) bond motifs is 1. The molecule has 0 radical (unpaired) electrons. The highest BCUT2D eigenvalue weighted by atomic mass is 32.1. The SMILES string of the molecule is CN=CC(C=N)c1ncc2c(=O)n(C)cc(-c3cc(S)ccc3OCC3CC3)c2n1. The molecule has 1 aliphatic rings. The van der Waals surface area contributed by atoms with Gasteiger partial charge in [-0.3, -0.25) is 9.79 Å². The molecule has 1 atom stereocenters. The van der Waals surface area contributed by atoms with Crippen molar-refractivity contribution in [3.05, 3.63) is 46.8 Å². The monoisotopic (exact) mass is 421 g/mol. The first kappa shape index (κ1) is 20.3. The average Bonchev–Trinajstić information content (AvgIpc) is 3.58. The number of pyridine rings is 1. The second kappa shape index (κ2) is 8.39. The van der Waals surface area contributed by atoms with Crippen LogP contribution < -0.4 is 10.3 Å². The summed E-state index contributed by atoms with van der Waals surface area (Å²) in [4.78, 5) is 26.5. The molecule has 154 valence electrons. The van der Waals surface area contributed by atoms with Crippen molar-refractivity contribution in [3.63, 3.8) is 0 Å². The van der Waals surface area contributed by atoms with Crippen LogP contribution in [0.4, 0.5) is 0 Å². The van der Waals surface area contributed by atoms with Gasteiger partial charge in [-0.1, -0.05) is 0 Å². The largest absolute Gasteiger partial charge is 0.493 e. The third-order valence-electron chi connectivity index (χ3n) is 5.15. The Balaban J connectivity index is 1.93. The highest BCUT2D eigenvalue weighted by molar-refractivity contribution is 7.80. The maximum Gasteiger partial charge on any atom is 0.261 e. The molecule has 7 nitrogen and oxygen atoms in total. The van der Waals surface area contributed by atoms with Gasteiger partial charge in [-0.15, -0.1) is 12.6 Å². The number of nitrogens with zero attached hydrogens (tertiary/aromatic N) is 4. The standard InChI is InChI=1S/C22H23N5O2S/c1-24-9-14(8-23)21-25-10-17-20(26-21)18(11-27(2)22(17)28)16-7-15(30)5-6-19(16)29-12-13-3-4-13/h5-11,13-14,23,30H,3-4,12H2,1-2H3. The summed E-state index contributed by atoms with van der Waals surface area (Å²) in [6.07, 6.45) is 8.52. The highest BCUT2D eigenvalue weighted by Gasteiger charge is 2.23. The van der Waals surface area contributed by atoms with E-state index < -0.39 is 5.92 Å². The summed E-state index contributed by atoms with van der Waals surface area (Å²) in [6.45, 7) is 0.672. The van der Waals surface area contributed by atoms with Crippen LogP contribution in [0.25, 0.3) is 22.0 Å². The molecule has 0 saturated heterocycles. The number of benzene rings is 1. The van der Waals surface area contributed by atoms with Crippen molar-refractivity contribution in [1.29, 1.82) is 5.41 Å². The van der Waals surface area contributed by atoms with Crippen molar-refractivity contribution in [2.24, 2.45) is 18.0 Å². The van der Waals surface area contributed by atoms with Gasteiger partial charge in [-0.25, -0.2) is 9.97 Å². The second-order valence-electron chi connectivity index (χ2n) is 7.48. The quantitative estimate of drug-likeness (QED) is 0.451. The summed E-state index contributed by atoms with van der Waals surface area (Å²) < 4.78 is 7.63. The fourth-order valence-corrected chi connectivity index (χ4v) is 3.51. The van der Waals surface area contributed by atoms with E-state index in [-0.39, 0.29) is 5.56 Å². The van der Waals surface area contributed by atoms with Crippen LogP contribution >= 0.6 is 12.6 Å². The van der Waals surface area contributed by atoms with Gasteiger partial charge in [-0.05, 0) is 37.0 Å². The van der Waals surface area contributed by atoms with E-state index in [1.54, 1.807) is 26.5 Å². The minimum atomic E-state index is -0.460. The molecule has 30 heavy (non-hydrogen) atoms. The molecule has 1 aromatic carbocycles. The molecule has 0 bridgehead atoms. The second-order valence-corrected chi connectivity index (χ2v) is 8.00. The molecule has 1 aliphatic carbocycles. The Kier molecular flexibility index (Phi) is 5.67. The van der Waals surface area contributed by atoms with Gasteiger partial charge in [0.05, 0.1) is 23.4 Å². The fourth-order valence-electron chi connectivity index (χ4n) is 3.31. The number of hydrogen-bond donors (Lipinski definition) is 2. The van der Waals surface area contributed by atoms with Gasteiger partial charge in [0.2, 0.25) is 0 Å². The van der Waals surface area contributed by atoms with Crippen LogP contribution in [-0.2, 0) is 7.05 Å². The van der Waals surface area contributed by atoms with E-state index in [1.165, 1.54) is 29.8 Å².